The number of hydrogen-bond donors (Lipinski definition) is 1. The Morgan fingerprint density at radius 1 is 1.47 bits per heavy atom. The van der Waals surface area contributed by atoms with Gasteiger partial charge in [-0.05, 0) is 19.8 Å². The summed E-state index contributed by atoms with van der Waals surface area (Å²) in [6.45, 7) is 7.29. The molecule has 88 valence electrons. The van der Waals surface area contributed by atoms with E-state index in [0.29, 0.717) is 19.7 Å². The molecule has 1 aliphatic heterocycles. The second-order valence-electron chi connectivity index (χ2n) is 4.38. The fraction of sp³-hybridized carbons (Fsp3) is 0.909. The van der Waals surface area contributed by atoms with Crippen LogP contribution in [-0.4, -0.2) is 43.7 Å². The van der Waals surface area contributed by atoms with Crippen molar-refractivity contribution in [3.63, 3.8) is 0 Å². The van der Waals surface area contributed by atoms with Crippen LogP contribution >= 0.6 is 0 Å². The van der Waals surface area contributed by atoms with Crippen LogP contribution in [0.25, 0.3) is 0 Å². The molecule has 0 aromatic rings. The minimum absolute atomic E-state index is 0.179. The van der Waals surface area contributed by atoms with Gasteiger partial charge in [-0.1, -0.05) is 6.92 Å². The lowest BCUT2D eigenvalue weighted by Crippen LogP contribution is -2.47. The van der Waals surface area contributed by atoms with Crippen LogP contribution in [0.1, 0.15) is 26.7 Å². The number of nitrogens with two attached hydrogens (primary N) is 1. The van der Waals surface area contributed by atoms with Crippen LogP contribution in [0.5, 0.6) is 0 Å². The molecular weight excluding hydrogens is 192 g/mol. The lowest BCUT2D eigenvalue weighted by molar-refractivity contribution is -0.141. The molecule has 1 saturated heterocycles. The third kappa shape index (κ3) is 2.92. The predicted molar refractivity (Wildman–Crippen MR) is 59.5 cm³/mol. The standard InChI is InChI=1S/C11H22N2O2/c1-3-11(2,9-12)10(14)13-5-4-7-15-8-6-13/h3-9,12H2,1-2H3. The first-order valence-corrected chi connectivity index (χ1v) is 5.71. The summed E-state index contributed by atoms with van der Waals surface area (Å²) in [7, 11) is 0. The van der Waals surface area contributed by atoms with Gasteiger partial charge in [0.1, 0.15) is 0 Å². The van der Waals surface area contributed by atoms with Gasteiger partial charge in [-0.2, -0.15) is 0 Å². The summed E-state index contributed by atoms with van der Waals surface area (Å²) in [5.74, 6) is 0.179. The highest BCUT2D eigenvalue weighted by Crippen LogP contribution is 2.23. The number of carbonyl (C=O) groups excluding carboxylic acids is 1. The molecule has 1 heterocycles. The molecule has 0 aromatic heterocycles. The van der Waals surface area contributed by atoms with Crippen LogP contribution in [0.2, 0.25) is 0 Å². The third-order valence-electron chi connectivity index (χ3n) is 3.26. The molecule has 1 rings (SSSR count). The molecule has 4 heteroatoms. The second kappa shape index (κ2) is 5.47. The minimum atomic E-state index is -0.398. The van der Waals surface area contributed by atoms with Crippen LogP contribution in [0.15, 0.2) is 0 Å². The first kappa shape index (κ1) is 12.5. The Morgan fingerprint density at radius 3 is 2.80 bits per heavy atom. The molecular formula is C11H22N2O2. The number of nitrogens with zero attached hydrogens (tertiary/aromatic N) is 1. The monoisotopic (exact) mass is 214 g/mol. The fourth-order valence-electron chi connectivity index (χ4n) is 1.71. The topological polar surface area (TPSA) is 55.6 Å². The summed E-state index contributed by atoms with van der Waals surface area (Å²) in [6, 6.07) is 0. The molecule has 2 N–H and O–H groups in total. The molecule has 1 aliphatic rings. The normalized spacial score (nSPS) is 21.9. The average molecular weight is 214 g/mol. The molecule has 15 heavy (non-hydrogen) atoms. The van der Waals surface area contributed by atoms with Crippen molar-refractivity contribution >= 4 is 5.91 Å². The molecule has 1 amide bonds. The van der Waals surface area contributed by atoms with Gasteiger partial charge < -0.3 is 15.4 Å². The summed E-state index contributed by atoms with van der Waals surface area (Å²) in [5, 5.41) is 0. The van der Waals surface area contributed by atoms with E-state index in [1.165, 1.54) is 0 Å². The number of rotatable bonds is 3. The minimum Gasteiger partial charge on any atom is -0.380 e. The van der Waals surface area contributed by atoms with Gasteiger partial charge >= 0.3 is 0 Å². The molecule has 1 fully saturated rings. The summed E-state index contributed by atoms with van der Waals surface area (Å²) < 4.78 is 5.33. The number of carbonyl (C=O) groups is 1. The highest BCUT2D eigenvalue weighted by Gasteiger charge is 2.33. The van der Waals surface area contributed by atoms with E-state index in [-0.39, 0.29) is 5.91 Å². The van der Waals surface area contributed by atoms with Crippen molar-refractivity contribution in [1.29, 1.82) is 0 Å². The summed E-state index contributed by atoms with van der Waals surface area (Å²) in [4.78, 5) is 14.1. The van der Waals surface area contributed by atoms with Gasteiger partial charge in [0.15, 0.2) is 0 Å². The van der Waals surface area contributed by atoms with Gasteiger partial charge in [0, 0.05) is 26.2 Å². The van der Waals surface area contributed by atoms with Crippen molar-refractivity contribution in [2.45, 2.75) is 26.7 Å². The Balaban J connectivity index is 2.64. The van der Waals surface area contributed by atoms with E-state index in [1.54, 1.807) is 0 Å². The van der Waals surface area contributed by atoms with Crippen LogP contribution in [0.3, 0.4) is 0 Å². The van der Waals surface area contributed by atoms with E-state index >= 15 is 0 Å². The summed E-state index contributed by atoms with van der Waals surface area (Å²) in [5.41, 5.74) is 5.29. The van der Waals surface area contributed by atoms with Crippen LogP contribution in [-0.2, 0) is 9.53 Å². The van der Waals surface area contributed by atoms with Crippen LogP contribution in [0.4, 0.5) is 0 Å². The highest BCUT2D eigenvalue weighted by atomic mass is 16.5. The maximum absolute atomic E-state index is 12.2. The Morgan fingerprint density at radius 2 is 2.20 bits per heavy atom. The molecule has 0 aliphatic carbocycles. The largest absolute Gasteiger partial charge is 0.380 e. The van der Waals surface area contributed by atoms with Gasteiger partial charge in [-0.25, -0.2) is 0 Å². The zero-order chi connectivity index (χ0) is 11.3. The molecule has 0 spiro atoms. The number of hydrogen-bond acceptors (Lipinski definition) is 3. The van der Waals surface area contributed by atoms with Gasteiger partial charge in [-0.15, -0.1) is 0 Å². The Bertz CT molecular complexity index is 207. The first-order chi connectivity index (χ1) is 7.14. The van der Waals surface area contributed by atoms with E-state index in [1.807, 2.05) is 18.7 Å². The number of ether oxygens (including phenoxy) is 1. The van der Waals surface area contributed by atoms with E-state index in [4.69, 9.17) is 10.5 Å². The van der Waals surface area contributed by atoms with E-state index in [2.05, 4.69) is 0 Å². The van der Waals surface area contributed by atoms with Gasteiger partial charge in [0.05, 0.1) is 12.0 Å². The quantitative estimate of drug-likeness (QED) is 0.749. The van der Waals surface area contributed by atoms with Gasteiger partial charge in [0.25, 0.3) is 0 Å². The lowest BCUT2D eigenvalue weighted by Gasteiger charge is -2.32. The lowest BCUT2D eigenvalue weighted by atomic mass is 9.86. The van der Waals surface area contributed by atoms with Crippen molar-refractivity contribution < 1.29 is 9.53 Å². The molecule has 0 saturated carbocycles. The Labute approximate surface area is 91.8 Å². The van der Waals surface area contributed by atoms with Crippen molar-refractivity contribution in [3.8, 4) is 0 Å². The van der Waals surface area contributed by atoms with E-state index in [0.717, 1.165) is 26.0 Å². The summed E-state index contributed by atoms with van der Waals surface area (Å²) >= 11 is 0. The maximum atomic E-state index is 12.2. The zero-order valence-corrected chi connectivity index (χ0v) is 9.79. The van der Waals surface area contributed by atoms with E-state index < -0.39 is 5.41 Å². The van der Waals surface area contributed by atoms with Crippen molar-refractivity contribution in [2.24, 2.45) is 11.1 Å². The van der Waals surface area contributed by atoms with Gasteiger partial charge in [0.2, 0.25) is 5.91 Å². The smallest absolute Gasteiger partial charge is 0.229 e. The molecule has 4 nitrogen and oxygen atoms in total. The highest BCUT2D eigenvalue weighted by molar-refractivity contribution is 5.82. The molecule has 0 aromatic carbocycles. The van der Waals surface area contributed by atoms with Gasteiger partial charge in [-0.3, -0.25) is 4.79 Å². The second-order valence-corrected chi connectivity index (χ2v) is 4.38. The molecule has 0 bridgehead atoms. The predicted octanol–water partition coefficient (Wildman–Crippen LogP) is 0.610. The van der Waals surface area contributed by atoms with Crippen molar-refractivity contribution in [3.05, 3.63) is 0 Å². The van der Waals surface area contributed by atoms with Crippen LogP contribution < -0.4 is 5.73 Å². The SMILES string of the molecule is CCC(C)(CN)C(=O)N1CCCOCC1. The molecule has 0 radical (unpaired) electrons. The van der Waals surface area contributed by atoms with Crippen LogP contribution in [0, 0.1) is 5.41 Å². The fourth-order valence-corrected chi connectivity index (χ4v) is 1.71. The molecule has 1 unspecified atom stereocenters. The Kier molecular flexibility index (Phi) is 4.54. The van der Waals surface area contributed by atoms with Crippen molar-refractivity contribution in [2.75, 3.05) is 32.8 Å². The Hall–Kier alpha value is -0.610. The van der Waals surface area contributed by atoms with Crippen molar-refractivity contribution in [1.82, 2.24) is 4.90 Å². The zero-order valence-electron chi connectivity index (χ0n) is 9.79. The average Bonchev–Trinajstić information content (AvgIpc) is 2.55. The maximum Gasteiger partial charge on any atom is 0.229 e. The number of amides is 1. The van der Waals surface area contributed by atoms with E-state index in [9.17, 15) is 4.79 Å². The first-order valence-electron chi connectivity index (χ1n) is 5.71. The summed E-state index contributed by atoms with van der Waals surface area (Å²) in [6.07, 6.45) is 1.72. The third-order valence-corrected chi connectivity index (χ3v) is 3.26. The molecule has 1 atom stereocenters.